The molecule has 0 aliphatic carbocycles. The Bertz CT molecular complexity index is 977. The first-order valence-corrected chi connectivity index (χ1v) is 10.4. The fraction of sp³-hybridized carbons (Fsp3) is 0.259. The van der Waals surface area contributed by atoms with Crippen LogP contribution in [0.5, 0.6) is 0 Å². The molecule has 0 bridgehead atoms. The molecule has 0 radical (unpaired) electrons. The molecular weight excluding hydrogens is 368 g/mol. The number of para-hydroxylation sites is 1. The van der Waals surface area contributed by atoms with Crippen LogP contribution < -0.4 is 5.32 Å². The lowest BCUT2D eigenvalue weighted by molar-refractivity contribution is -0.114. The van der Waals surface area contributed by atoms with E-state index in [1.807, 2.05) is 42.5 Å². The minimum atomic E-state index is 0.113. The highest BCUT2D eigenvalue weighted by atomic mass is 16.1. The maximum Gasteiger partial charge on any atom is 0.155 e. The van der Waals surface area contributed by atoms with E-state index in [9.17, 15) is 4.79 Å². The van der Waals surface area contributed by atoms with Crippen molar-refractivity contribution < 1.29 is 4.79 Å². The number of allylic oxidation sites excluding steroid dienone is 1. The van der Waals surface area contributed by atoms with Gasteiger partial charge >= 0.3 is 0 Å². The molecule has 0 saturated heterocycles. The lowest BCUT2D eigenvalue weighted by Crippen LogP contribution is -2.01. The van der Waals surface area contributed by atoms with Crippen molar-refractivity contribution in [1.29, 1.82) is 0 Å². The first-order chi connectivity index (χ1) is 14.4. The topological polar surface area (TPSA) is 42.0 Å². The van der Waals surface area contributed by atoms with Gasteiger partial charge in [-0.25, -0.2) is 4.98 Å². The Balaban J connectivity index is 0.000000222. The Morgan fingerprint density at radius 1 is 1.00 bits per heavy atom. The van der Waals surface area contributed by atoms with Crippen molar-refractivity contribution in [3.63, 3.8) is 0 Å². The van der Waals surface area contributed by atoms with Gasteiger partial charge < -0.3 is 5.32 Å². The molecule has 0 spiro atoms. The van der Waals surface area contributed by atoms with Crippen LogP contribution in [0.4, 0.5) is 11.5 Å². The van der Waals surface area contributed by atoms with Crippen LogP contribution in [0.25, 0.3) is 0 Å². The molecule has 30 heavy (non-hydrogen) atoms. The van der Waals surface area contributed by atoms with Crippen molar-refractivity contribution in [2.45, 2.75) is 47.0 Å². The van der Waals surface area contributed by atoms with E-state index in [0.717, 1.165) is 30.0 Å². The van der Waals surface area contributed by atoms with Crippen LogP contribution in [0.3, 0.4) is 0 Å². The van der Waals surface area contributed by atoms with Gasteiger partial charge in [-0.05, 0) is 68.5 Å². The largest absolute Gasteiger partial charge is 0.340 e. The van der Waals surface area contributed by atoms with Crippen LogP contribution in [0.1, 0.15) is 41.3 Å². The van der Waals surface area contributed by atoms with E-state index in [1.165, 1.54) is 28.3 Å². The number of nitrogens with one attached hydrogen (secondary N) is 1. The van der Waals surface area contributed by atoms with E-state index in [2.05, 4.69) is 62.8 Å². The van der Waals surface area contributed by atoms with E-state index in [1.54, 1.807) is 0 Å². The summed E-state index contributed by atoms with van der Waals surface area (Å²) >= 11 is 0. The van der Waals surface area contributed by atoms with Gasteiger partial charge in [-0.3, -0.25) is 4.79 Å². The summed E-state index contributed by atoms with van der Waals surface area (Å²) < 4.78 is 0. The number of hydrogen-bond donors (Lipinski definition) is 1. The van der Waals surface area contributed by atoms with Gasteiger partial charge in [0.2, 0.25) is 0 Å². The summed E-state index contributed by atoms with van der Waals surface area (Å²) in [5.41, 5.74) is 7.15. The third kappa shape index (κ3) is 7.32. The fourth-order valence-corrected chi connectivity index (χ4v) is 3.17. The van der Waals surface area contributed by atoms with Crippen molar-refractivity contribution in [3.8, 4) is 0 Å². The predicted molar refractivity (Wildman–Crippen MR) is 128 cm³/mol. The van der Waals surface area contributed by atoms with Crippen LogP contribution in [-0.2, 0) is 17.6 Å². The summed E-state index contributed by atoms with van der Waals surface area (Å²) in [6.07, 6.45) is 3.73. The van der Waals surface area contributed by atoms with Gasteiger partial charge in [-0.1, -0.05) is 67.6 Å². The molecule has 0 aliphatic rings. The molecule has 0 aliphatic heterocycles. The first kappa shape index (κ1) is 23.1. The number of hydrogen-bond acceptors (Lipinski definition) is 3. The number of anilines is 2. The van der Waals surface area contributed by atoms with Crippen LogP contribution in [0, 0.1) is 20.8 Å². The maximum absolute atomic E-state index is 11.0. The summed E-state index contributed by atoms with van der Waals surface area (Å²) in [5, 5.41) is 3.36. The Morgan fingerprint density at radius 3 is 2.37 bits per heavy atom. The molecule has 1 aromatic heterocycles. The highest BCUT2D eigenvalue weighted by Crippen LogP contribution is 2.21. The Hall–Kier alpha value is -3.20. The fourth-order valence-electron chi connectivity index (χ4n) is 3.17. The summed E-state index contributed by atoms with van der Waals surface area (Å²) in [6.45, 7) is 11.8. The van der Waals surface area contributed by atoms with Gasteiger partial charge in [0.05, 0.1) is 0 Å². The van der Waals surface area contributed by atoms with Crippen molar-refractivity contribution in [3.05, 3.63) is 101 Å². The minimum Gasteiger partial charge on any atom is -0.340 e. The second kappa shape index (κ2) is 11.7. The molecule has 1 heterocycles. The number of ketones is 1. The van der Waals surface area contributed by atoms with E-state index >= 15 is 0 Å². The van der Waals surface area contributed by atoms with Crippen LogP contribution >= 0.6 is 0 Å². The standard InChI is InChI=1S/C15H18N2.C12H14O/c1-4-14-11(2)10-12(3)15(17-14)16-13-8-6-5-7-9-13;1-3-12(13)8-7-11-6-4-5-10(2)9-11/h5-10H,4H2,1-3H3,(H,16,17);3-6,9H,1,7-8H2,2H3. The van der Waals surface area contributed by atoms with Crippen molar-refractivity contribution >= 4 is 17.3 Å². The summed E-state index contributed by atoms with van der Waals surface area (Å²) in [5.74, 6) is 1.07. The minimum absolute atomic E-state index is 0.113. The zero-order valence-electron chi connectivity index (χ0n) is 18.5. The third-order valence-corrected chi connectivity index (χ3v) is 4.85. The van der Waals surface area contributed by atoms with Gasteiger partial charge in [0.1, 0.15) is 5.82 Å². The molecule has 156 valence electrons. The summed E-state index contributed by atoms with van der Waals surface area (Å²) in [4.78, 5) is 15.6. The number of aryl methyl sites for hydroxylation is 5. The zero-order valence-corrected chi connectivity index (χ0v) is 18.5. The predicted octanol–water partition coefficient (Wildman–Crippen LogP) is 6.69. The maximum atomic E-state index is 11.0. The highest BCUT2D eigenvalue weighted by Gasteiger charge is 2.05. The highest BCUT2D eigenvalue weighted by molar-refractivity contribution is 5.89. The lowest BCUT2D eigenvalue weighted by Gasteiger charge is -2.12. The van der Waals surface area contributed by atoms with E-state index < -0.39 is 0 Å². The molecule has 0 saturated carbocycles. The molecule has 3 rings (SSSR count). The number of carbonyl (C=O) groups excluding carboxylic acids is 1. The van der Waals surface area contributed by atoms with Gasteiger partial charge in [0.25, 0.3) is 0 Å². The molecule has 0 fully saturated rings. The van der Waals surface area contributed by atoms with E-state index in [0.29, 0.717) is 6.42 Å². The number of carbonyl (C=O) groups is 1. The quantitative estimate of drug-likeness (QED) is 0.449. The Kier molecular flexibility index (Phi) is 9.02. The SMILES string of the molecule is C=CC(=O)CCc1cccc(C)c1.CCc1nc(Nc2ccccc2)c(C)cc1C. The molecule has 0 amide bonds. The van der Waals surface area contributed by atoms with E-state index in [-0.39, 0.29) is 5.78 Å². The Labute approximate surface area is 180 Å². The van der Waals surface area contributed by atoms with Crippen molar-refractivity contribution in [2.24, 2.45) is 0 Å². The molecule has 3 aromatic rings. The first-order valence-electron chi connectivity index (χ1n) is 10.4. The number of nitrogens with zero attached hydrogens (tertiary/aromatic N) is 1. The summed E-state index contributed by atoms with van der Waals surface area (Å²) in [6, 6.07) is 20.6. The number of rotatable bonds is 7. The van der Waals surface area contributed by atoms with E-state index in [4.69, 9.17) is 0 Å². The van der Waals surface area contributed by atoms with Crippen molar-refractivity contribution in [1.82, 2.24) is 4.98 Å². The molecule has 1 N–H and O–H groups in total. The smallest absolute Gasteiger partial charge is 0.155 e. The number of pyridine rings is 1. The van der Waals surface area contributed by atoms with Crippen LogP contribution in [0.15, 0.2) is 73.3 Å². The Morgan fingerprint density at radius 2 is 1.73 bits per heavy atom. The average molecular weight is 401 g/mol. The molecule has 2 aromatic carbocycles. The van der Waals surface area contributed by atoms with Crippen molar-refractivity contribution in [2.75, 3.05) is 5.32 Å². The normalized spacial score (nSPS) is 10.0. The molecule has 3 heteroatoms. The molecule has 0 atom stereocenters. The third-order valence-electron chi connectivity index (χ3n) is 4.85. The number of benzene rings is 2. The summed E-state index contributed by atoms with van der Waals surface area (Å²) in [7, 11) is 0. The van der Waals surface area contributed by atoms with Gasteiger partial charge in [0.15, 0.2) is 5.78 Å². The number of aromatic nitrogens is 1. The van der Waals surface area contributed by atoms with Gasteiger partial charge in [-0.15, -0.1) is 0 Å². The van der Waals surface area contributed by atoms with Crippen LogP contribution in [0.2, 0.25) is 0 Å². The molecule has 0 unspecified atom stereocenters. The second-order valence-electron chi connectivity index (χ2n) is 7.42. The molecule has 3 nitrogen and oxygen atoms in total. The second-order valence-corrected chi connectivity index (χ2v) is 7.42. The van der Waals surface area contributed by atoms with Gasteiger partial charge in [-0.2, -0.15) is 0 Å². The monoisotopic (exact) mass is 400 g/mol. The lowest BCUT2D eigenvalue weighted by atomic mass is 10.1. The van der Waals surface area contributed by atoms with Crippen LogP contribution in [-0.4, -0.2) is 10.8 Å². The molecular formula is C27H32N2O. The average Bonchev–Trinajstić information content (AvgIpc) is 2.75. The van der Waals surface area contributed by atoms with Gasteiger partial charge in [0, 0.05) is 17.8 Å². The zero-order chi connectivity index (χ0) is 21.9.